The van der Waals surface area contributed by atoms with Crippen LogP contribution in [-0.4, -0.2) is 27.5 Å². The smallest absolute Gasteiger partial charge is 0.255 e. The van der Waals surface area contributed by atoms with Crippen molar-refractivity contribution < 1.29 is 9.53 Å². The number of aryl methyl sites for hydroxylation is 1. The number of carbonyl (C=O) groups is 1. The summed E-state index contributed by atoms with van der Waals surface area (Å²) >= 11 is 5.89. The number of halogens is 1. The zero-order valence-corrected chi connectivity index (χ0v) is 16.8. The maximum absolute atomic E-state index is 12.5. The number of hydrogen-bond acceptors (Lipinski definition) is 4. The summed E-state index contributed by atoms with van der Waals surface area (Å²) in [5.41, 5.74) is 4.40. The van der Waals surface area contributed by atoms with E-state index in [0.717, 1.165) is 22.5 Å². The van der Waals surface area contributed by atoms with Gasteiger partial charge in [-0.1, -0.05) is 11.6 Å². The third kappa shape index (κ3) is 4.07. The molecule has 7 heteroatoms. The van der Waals surface area contributed by atoms with E-state index in [1.807, 2.05) is 50.2 Å². The van der Waals surface area contributed by atoms with Crippen LogP contribution >= 0.6 is 11.6 Å². The first kappa shape index (κ1) is 19.0. The number of nitrogens with zero attached hydrogens (tertiary/aromatic N) is 3. The van der Waals surface area contributed by atoms with E-state index in [1.54, 1.807) is 29.1 Å². The zero-order chi connectivity index (χ0) is 20.4. The van der Waals surface area contributed by atoms with E-state index in [0.29, 0.717) is 28.4 Å². The van der Waals surface area contributed by atoms with Crippen LogP contribution in [0.2, 0.25) is 5.02 Å². The van der Waals surface area contributed by atoms with Crippen LogP contribution in [0.1, 0.15) is 22.8 Å². The van der Waals surface area contributed by atoms with Gasteiger partial charge in [-0.2, -0.15) is 4.80 Å². The van der Waals surface area contributed by atoms with E-state index in [2.05, 4.69) is 15.5 Å². The first-order valence-electron chi connectivity index (χ1n) is 9.21. The Hall–Kier alpha value is -3.38. The molecule has 0 fully saturated rings. The largest absolute Gasteiger partial charge is 0.494 e. The van der Waals surface area contributed by atoms with Gasteiger partial charge >= 0.3 is 0 Å². The molecule has 1 aromatic heterocycles. The van der Waals surface area contributed by atoms with Crippen LogP contribution in [0, 0.1) is 6.92 Å². The highest BCUT2D eigenvalue weighted by molar-refractivity contribution is 6.30. The number of anilines is 1. The predicted molar refractivity (Wildman–Crippen MR) is 114 cm³/mol. The molecule has 0 spiro atoms. The summed E-state index contributed by atoms with van der Waals surface area (Å²) < 4.78 is 5.47. The minimum atomic E-state index is -0.206. The molecule has 4 rings (SSSR count). The topological polar surface area (TPSA) is 69.0 Å². The monoisotopic (exact) mass is 406 g/mol. The highest BCUT2D eigenvalue weighted by Crippen LogP contribution is 2.23. The second-order valence-corrected chi connectivity index (χ2v) is 6.97. The van der Waals surface area contributed by atoms with Crippen molar-refractivity contribution in [3.05, 3.63) is 76.8 Å². The second-order valence-electron chi connectivity index (χ2n) is 6.53. The Morgan fingerprint density at radius 1 is 1.03 bits per heavy atom. The van der Waals surface area contributed by atoms with Crippen molar-refractivity contribution >= 4 is 34.2 Å². The number of ether oxygens (including phenoxy) is 1. The fourth-order valence-electron chi connectivity index (χ4n) is 2.96. The number of amides is 1. The minimum Gasteiger partial charge on any atom is -0.494 e. The van der Waals surface area contributed by atoms with Crippen LogP contribution in [0.25, 0.3) is 16.7 Å². The highest BCUT2D eigenvalue weighted by Gasteiger charge is 2.12. The second kappa shape index (κ2) is 7.93. The Balaban J connectivity index is 1.61. The lowest BCUT2D eigenvalue weighted by Gasteiger charge is -2.08. The molecular formula is C22H19ClN4O2. The Kier molecular flexibility index (Phi) is 5.18. The van der Waals surface area contributed by atoms with Gasteiger partial charge in [-0.25, -0.2) is 0 Å². The first-order valence-corrected chi connectivity index (χ1v) is 9.59. The quantitative estimate of drug-likeness (QED) is 0.504. The molecule has 1 heterocycles. The van der Waals surface area contributed by atoms with Crippen molar-refractivity contribution in [2.45, 2.75) is 13.8 Å². The number of carbonyl (C=O) groups excluding carboxylic acids is 1. The lowest BCUT2D eigenvalue weighted by atomic mass is 10.1. The van der Waals surface area contributed by atoms with Gasteiger partial charge < -0.3 is 10.1 Å². The molecule has 0 unspecified atom stereocenters. The van der Waals surface area contributed by atoms with Crippen molar-refractivity contribution in [1.82, 2.24) is 15.0 Å². The maximum Gasteiger partial charge on any atom is 0.255 e. The molecule has 0 saturated heterocycles. The Labute approximate surface area is 173 Å². The number of rotatable bonds is 5. The highest BCUT2D eigenvalue weighted by atomic mass is 35.5. The van der Waals surface area contributed by atoms with Crippen LogP contribution in [-0.2, 0) is 0 Å². The fourth-order valence-corrected chi connectivity index (χ4v) is 3.08. The van der Waals surface area contributed by atoms with Crippen molar-refractivity contribution in [1.29, 1.82) is 0 Å². The number of hydrogen-bond donors (Lipinski definition) is 1. The summed E-state index contributed by atoms with van der Waals surface area (Å²) in [6, 6.07) is 18.1. The minimum absolute atomic E-state index is 0.206. The first-order chi connectivity index (χ1) is 14.0. The summed E-state index contributed by atoms with van der Waals surface area (Å²) in [4.78, 5) is 14.1. The molecule has 0 saturated carbocycles. The van der Waals surface area contributed by atoms with Crippen LogP contribution in [0.5, 0.6) is 5.75 Å². The summed E-state index contributed by atoms with van der Waals surface area (Å²) in [5.74, 6) is 0.596. The van der Waals surface area contributed by atoms with Gasteiger partial charge in [-0.15, -0.1) is 10.2 Å². The van der Waals surface area contributed by atoms with Gasteiger partial charge in [0.15, 0.2) is 0 Å². The van der Waals surface area contributed by atoms with Crippen LogP contribution in [0.15, 0.2) is 60.7 Å². The number of aromatic nitrogens is 3. The lowest BCUT2D eigenvalue weighted by molar-refractivity contribution is 0.102. The molecule has 1 N–H and O–H groups in total. The fraction of sp³-hybridized carbons (Fsp3) is 0.136. The molecule has 0 atom stereocenters. The average Bonchev–Trinajstić information content (AvgIpc) is 3.12. The van der Waals surface area contributed by atoms with E-state index in [1.165, 1.54) is 0 Å². The molecule has 1 amide bonds. The maximum atomic E-state index is 12.5. The Morgan fingerprint density at radius 3 is 2.34 bits per heavy atom. The molecule has 146 valence electrons. The van der Waals surface area contributed by atoms with E-state index in [4.69, 9.17) is 16.3 Å². The van der Waals surface area contributed by atoms with E-state index >= 15 is 0 Å². The summed E-state index contributed by atoms with van der Waals surface area (Å²) in [5, 5.41) is 12.6. The van der Waals surface area contributed by atoms with E-state index < -0.39 is 0 Å². The van der Waals surface area contributed by atoms with Gasteiger partial charge in [0.25, 0.3) is 5.91 Å². The molecule has 0 aliphatic rings. The van der Waals surface area contributed by atoms with Gasteiger partial charge in [-0.05, 0) is 80.1 Å². The van der Waals surface area contributed by atoms with Crippen molar-refractivity contribution in [3.8, 4) is 11.4 Å². The predicted octanol–water partition coefficient (Wildman–Crippen LogP) is 5.03. The molecule has 3 aromatic carbocycles. The summed E-state index contributed by atoms with van der Waals surface area (Å²) in [6.45, 7) is 4.49. The van der Waals surface area contributed by atoms with Crippen LogP contribution in [0.3, 0.4) is 0 Å². The molecule has 6 nitrogen and oxygen atoms in total. The van der Waals surface area contributed by atoms with Crippen molar-refractivity contribution in [3.63, 3.8) is 0 Å². The van der Waals surface area contributed by atoms with E-state index in [-0.39, 0.29) is 5.91 Å². The molecule has 0 radical (unpaired) electrons. The van der Waals surface area contributed by atoms with E-state index in [9.17, 15) is 4.79 Å². The molecule has 4 aromatic rings. The van der Waals surface area contributed by atoms with Gasteiger partial charge in [0, 0.05) is 16.3 Å². The zero-order valence-electron chi connectivity index (χ0n) is 16.0. The average molecular weight is 407 g/mol. The van der Waals surface area contributed by atoms with Gasteiger partial charge in [0.05, 0.1) is 12.3 Å². The number of fused-ring (bicyclic) bond motifs is 1. The van der Waals surface area contributed by atoms with Crippen molar-refractivity contribution in [2.75, 3.05) is 11.9 Å². The molecule has 0 aliphatic carbocycles. The molecular weight excluding hydrogens is 388 g/mol. The lowest BCUT2D eigenvalue weighted by Crippen LogP contribution is -2.12. The Morgan fingerprint density at radius 2 is 1.69 bits per heavy atom. The molecule has 0 bridgehead atoms. The molecule has 0 aliphatic heterocycles. The number of benzene rings is 3. The van der Waals surface area contributed by atoms with Crippen LogP contribution < -0.4 is 10.1 Å². The SMILES string of the molecule is CCOc1ccc(-n2nc3cc(C)c(NC(=O)c4ccc(Cl)cc4)cc3n2)cc1. The molecule has 29 heavy (non-hydrogen) atoms. The van der Waals surface area contributed by atoms with Gasteiger partial charge in [-0.3, -0.25) is 4.79 Å². The van der Waals surface area contributed by atoms with Crippen molar-refractivity contribution in [2.24, 2.45) is 0 Å². The summed E-state index contributed by atoms with van der Waals surface area (Å²) in [6.07, 6.45) is 0. The van der Waals surface area contributed by atoms with Gasteiger partial charge in [0.1, 0.15) is 16.8 Å². The number of nitrogens with one attached hydrogen (secondary N) is 1. The van der Waals surface area contributed by atoms with Crippen LogP contribution in [0.4, 0.5) is 5.69 Å². The third-order valence-electron chi connectivity index (χ3n) is 4.46. The third-order valence-corrected chi connectivity index (χ3v) is 4.71. The normalized spacial score (nSPS) is 10.9. The standard InChI is InChI=1S/C22H19ClN4O2/c1-3-29-18-10-8-17(9-11-18)27-25-20-12-14(2)19(13-21(20)26-27)24-22(28)15-4-6-16(23)7-5-15/h4-13H,3H2,1-2H3,(H,24,28). The Bertz CT molecular complexity index is 1170. The summed E-state index contributed by atoms with van der Waals surface area (Å²) in [7, 11) is 0. The van der Waals surface area contributed by atoms with Gasteiger partial charge in [0.2, 0.25) is 0 Å².